The molecular formula is C33H20N4O+2. The standard InChI is InChI=1S/C33H20N4O/c1-2-10-22-21(9-1)23-11-3-4-13-25(23)37-27-15-6-17-29-31(27)33(34-18-7-12-24(22)32(34)37)30-26(14-5-16-28(30)38-29)35-19-8-20-36(33)35/h1-20H/q+2. The van der Waals surface area contributed by atoms with Crippen LogP contribution in [0.15, 0.2) is 122 Å². The van der Waals surface area contributed by atoms with Crippen LogP contribution in [0, 0.1) is 0 Å². The summed E-state index contributed by atoms with van der Waals surface area (Å²) in [4.78, 5) is 2.44. The highest BCUT2D eigenvalue weighted by Gasteiger charge is 2.69. The zero-order valence-corrected chi connectivity index (χ0v) is 20.2. The quantitative estimate of drug-likeness (QED) is 0.238. The van der Waals surface area contributed by atoms with Gasteiger partial charge in [0.05, 0.1) is 18.0 Å². The summed E-state index contributed by atoms with van der Waals surface area (Å²) in [5.74, 6) is 2.94. The Labute approximate surface area is 218 Å². The molecule has 0 aliphatic carbocycles. The van der Waals surface area contributed by atoms with Gasteiger partial charge in [0.15, 0.2) is 11.3 Å². The van der Waals surface area contributed by atoms with Gasteiger partial charge < -0.3 is 4.74 Å². The van der Waals surface area contributed by atoms with E-state index in [1.54, 1.807) is 0 Å². The fourth-order valence-corrected chi connectivity index (χ4v) is 7.32. The molecule has 1 atom stereocenters. The molecule has 0 radical (unpaired) electrons. The Bertz CT molecular complexity index is 2040. The van der Waals surface area contributed by atoms with E-state index in [1.807, 2.05) is 0 Å². The van der Waals surface area contributed by atoms with Crippen LogP contribution in [-0.2, 0) is 5.66 Å². The molecule has 0 amide bonds. The molecule has 4 aromatic carbocycles. The van der Waals surface area contributed by atoms with Crippen molar-refractivity contribution in [2.24, 2.45) is 0 Å². The smallest absolute Gasteiger partial charge is 0.397 e. The number of ether oxygens (including phenoxy) is 1. The number of fused-ring (bicyclic) bond motifs is 8. The van der Waals surface area contributed by atoms with Gasteiger partial charge in [-0.3, -0.25) is 0 Å². The molecule has 0 saturated heterocycles. The first-order valence-corrected chi connectivity index (χ1v) is 13.0. The van der Waals surface area contributed by atoms with E-state index in [-0.39, 0.29) is 0 Å². The molecule has 2 aromatic heterocycles. The first-order valence-electron chi connectivity index (χ1n) is 13.0. The lowest BCUT2D eigenvalue weighted by Crippen LogP contribution is -2.76. The normalized spacial score (nSPS) is 17.7. The molecule has 1 spiro atoms. The molecule has 0 fully saturated rings. The van der Waals surface area contributed by atoms with Crippen LogP contribution in [0.25, 0.3) is 27.9 Å². The number of nitrogens with zero attached hydrogens (tertiary/aromatic N) is 4. The molecule has 0 saturated carbocycles. The van der Waals surface area contributed by atoms with Crippen molar-refractivity contribution in [1.82, 2.24) is 4.68 Å². The van der Waals surface area contributed by atoms with Crippen molar-refractivity contribution in [1.29, 1.82) is 0 Å². The second kappa shape index (κ2) is 6.21. The summed E-state index contributed by atoms with van der Waals surface area (Å²) in [7, 11) is 0. The minimum atomic E-state index is -0.629. The van der Waals surface area contributed by atoms with E-state index in [9.17, 15) is 0 Å². The molecule has 6 aromatic rings. The Morgan fingerprint density at radius 2 is 1.21 bits per heavy atom. The van der Waals surface area contributed by atoms with Crippen LogP contribution in [0.4, 0.5) is 17.2 Å². The van der Waals surface area contributed by atoms with Crippen molar-refractivity contribution >= 4 is 17.2 Å². The van der Waals surface area contributed by atoms with Gasteiger partial charge in [0.1, 0.15) is 28.4 Å². The number of pyridine rings is 1. The second-order valence-electron chi connectivity index (χ2n) is 10.3. The topological polar surface area (TPSA) is 25.2 Å². The Morgan fingerprint density at radius 3 is 2.05 bits per heavy atom. The number of aromatic nitrogens is 3. The number of anilines is 3. The van der Waals surface area contributed by atoms with E-state index < -0.39 is 5.66 Å². The molecule has 1 unspecified atom stereocenters. The van der Waals surface area contributed by atoms with Crippen LogP contribution in [-0.4, -0.2) is 4.68 Å². The van der Waals surface area contributed by atoms with Crippen molar-refractivity contribution < 1.29 is 14.0 Å². The van der Waals surface area contributed by atoms with E-state index in [1.165, 1.54) is 33.5 Å². The maximum Gasteiger partial charge on any atom is 0.397 e. The highest BCUT2D eigenvalue weighted by atomic mass is 16.5. The number of benzene rings is 4. The minimum absolute atomic E-state index is 0.629. The third-order valence-electron chi connectivity index (χ3n) is 8.61. The Balaban J connectivity index is 1.48. The molecule has 5 nitrogen and oxygen atoms in total. The molecule has 5 heteroatoms. The lowest BCUT2D eigenvalue weighted by molar-refractivity contribution is -0.991. The Morgan fingerprint density at radius 1 is 0.553 bits per heavy atom. The fourth-order valence-electron chi connectivity index (χ4n) is 7.32. The summed E-state index contributed by atoms with van der Waals surface area (Å²) in [6.45, 7) is 0. The number of hydrogen-bond acceptors (Lipinski definition) is 2. The van der Waals surface area contributed by atoms with Gasteiger partial charge in [-0.2, -0.15) is 9.47 Å². The summed E-state index contributed by atoms with van der Waals surface area (Å²) in [6, 6.07) is 37.0. The van der Waals surface area contributed by atoms with Gasteiger partial charge in [0.25, 0.3) is 0 Å². The van der Waals surface area contributed by atoms with E-state index in [4.69, 9.17) is 4.74 Å². The summed E-state index contributed by atoms with van der Waals surface area (Å²) in [6.07, 6.45) is 6.57. The molecule has 176 valence electrons. The van der Waals surface area contributed by atoms with Gasteiger partial charge in [-0.05, 0) is 53.6 Å². The molecule has 6 heterocycles. The lowest BCUT2D eigenvalue weighted by Gasteiger charge is -2.37. The average molecular weight is 489 g/mol. The predicted octanol–water partition coefficient (Wildman–Crippen LogP) is 6.20. The minimum Gasteiger partial charge on any atom is -0.456 e. The van der Waals surface area contributed by atoms with E-state index in [2.05, 4.69) is 141 Å². The van der Waals surface area contributed by atoms with Crippen LogP contribution in [0.1, 0.15) is 11.1 Å². The van der Waals surface area contributed by atoms with Gasteiger partial charge >= 0.3 is 11.5 Å². The van der Waals surface area contributed by atoms with Gasteiger partial charge in [-0.25, -0.2) is 0 Å². The highest BCUT2D eigenvalue weighted by molar-refractivity contribution is 6.01. The van der Waals surface area contributed by atoms with E-state index in [0.29, 0.717) is 0 Å². The van der Waals surface area contributed by atoms with E-state index in [0.717, 1.165) is 34.3 Å². The van der Waals surface area contributed by atoms with Crippen molar-refractivity contribution in [3.05, 3.63) is 133 Å². The molecule has 0 N–H and O–H groups in total. The fraction of sp³-hybridized carbons (Fsp3) is 0.0303. The molecular weight excluding hydrogens is 468 g/mol. The summed E-state index contributed by atoms with van der Waals surface area (Å²) >= 11 is 0. The highest BCUT2D eigenvalue weighted by Crippen LogP contribution is 2.59. The molecule has 10 rings (SSSR count). The van der Waals surface area contributed by atoms with Gasteiger partial charge in [-0.15, -0.1) is 4.68 Å². The second-order valence-corrected chi connectivity index (χ2v) is 10.3. The van der Waals surface area contributed by atoms with Crippen molar-refractivity contribution in [3.8, 4) is 39.4 Å². The van der Waals surface area contributed by atoms with Crippen molar-refractivity contribution in [2.75, 3.05) is 4.90 Å². The molecule has 4 aliphatic rings. The third kappa shape index (κ3) is 1.88. The summed E-state index contributed by atoms with van der Waals surface area (Å²) < 4.78 is 13.8. The molecule has 4 aliphatic heterocycles. The largest absolute Gasteiger partial charge is 0.456 e. The van der Waals surface area contributed by atoms with Crippen LogP contribution >= 0.6 is 0 Å². The van der Waals surface area contributed by atoms with E-state index >= 15 is 0 Å². The first-order chi connectivity index (χ1) is 18.9. The van der Waals surface area contributed by atoms with Gasteiger partial charge in [-0.1, -0.05) is 59.3 Å². The Kier molecular flexibility index (Phi) is 3.11. The van der Waals surface area contributed by atoms with Crippen LogP contribution in [0.3, 0.4) is 0 Å². The predicted molar refractivity (Wildman–Crippen MR) is 143 cm³/mol. The van der Waals surface area contributed by atoms with Crippen LogP contribution in [0.2, 0.25) is 0 Å². The van der Waals surface area contributed by atoms with Gasteiger partial charge in [0.2, 0.25) is 6.20 Å². The third-order valence-corrected chi connectivity index (χ3v) is 8.61. The van der Waals surface area contributed by atoms with Crippen molar-refractivity contribution in [3.63, 3.8) is 0 Å². The zero-order chi connectivity index (χ0) is 24.6. The lowest BCUT2D eigenvalue weighted by atomic mass is 9.83. The number of rotatable bonds is 0. The van der Waals surface area contributed by atoms with Crippen molar-refractivity contribution in [2.45, 2.75) is 5.66 Å². The maximum atomic E-state index is 6.68. The molecule has 0 bridgehead atoms. The van der Waals surface area contributed by atoms with Crippen LogP contribution < -0.4 is 18.9 Å². The molecule has 38 heavy (non-hydrogen) atoms. The Hall–Kier alpha value is -5.16. The van der Waals surface area contributed by atoms with Crippen LogP contribution in [0.5, 0.6) is 11.5 Å². The summed E-state index contributed by atoms with van der Waals surface area (Å²) in [5, 5.41) is 0. The number of hydrogen-bond donors (Lipinski definition) is 0. The number of para-hydroxylation sites is 1. The summed E-state index contributed by atoms with van der Waals surface area (Å²) in [5.41, 5.74) is 10.0. The van der Waals surface area contributed by atoms with Gasteiger partial charge in [0, 0.05) is 11.6 Å². The first kappa shape index (κ1) is 19.0. The monoisotopic (exact) mass is 488 g/mol. The SMILES string of the molecule is c1ccc2c(c1)-c1ccccc1N1c3cccc4c3C3(c5c(cccc5-n5ccc[n+]53)O4)[n+]3cccc-2c31. The zero-order valence-electron chi connectivity index (χ0n) is 20.2. The average Bonchev–Trinajstić information content (AvgIpc) is 3.53. The maximum absolute atomic E-state index is 6.68.